The fourth-order valence-corrected chi connectivity index (χ4v) is 1.68. The van der Waals surface area contributed by atoms with Crippen LogP contribution in [0.3, 0.4) is 0 Å². The highest BCUT2D eigenvalue weighted by Crippen LogP contribution is 2.13. The highest BCUT2D eigenvalue weighted by Gasteiger charge is 1.97. The normalized spacial score (nSPS) is 10.1. The smallest absolute Gasteiger partial charge is 0.254 e. The third-order valence-corrected chi connectivity index (χ3v) is 2.77. The Morgan fingerprint density at radius 2 is 1.91 bits per heavy atom. The largest absolute Gasteiger partial charge is 0.489 e. The van der Waals surface area contributed by atoms with Crippen LogP contribution in [0.2, 0.25) is 0 Å². The fourth-order valence-electron chi connectivity index (χ4n) is 1.68. The summed E-state index contributed by atoms with van der Waals surface area (Å²) in [6.07, 6.45) is 1.31. The number of amides is 1. The van der Waals surface area contributed by atoms with Gasteiger partial charge in [-0.2, -0.15) is 10.4 Å². The van der Waals surface area contributed by atoms with Gasteiger partial charge in [-0.15, -0.1) is 0 Å². The second-order valence-electron chi connectivity index (χ2n) is 4.47. The van der Waals surface area contributed by atoms with Crippen molar-refractivity contribution in [1.29, 1.82) is 5.26 Å². The maximum absolute atomic E-state index is 11.0. The lowest BCUT2D eigenvalue weighted by Crippen LogP contribution is -2.16. The molecule has 2 aromatic rings. The van der Waals surface area contributed by atoms with Crippen molar-refractivity contribution in [3.63, 3.8) is 0 Å². The standard InChI is InChI=1S/C17H15N3O2/c18-11-10-17(21)20-19-12-14-6-8-16(9-7-14)22-13-15-4-2-1-3-5-15/h1-9,12H,10,13H2,(H,20,21). The lowest BCUT2D eigenvalue weighted by Gasteiger charge is -2.06. The van der Waals surface area contributed by atoms with Crippen LogP contribution >= 0.6 is 0 Å². The number of nitrogens with zero attached hydrogens (tertiary/aromatic N) is 2. The number of nitriles is 1. The van der Waals surface area contributed by atoms with Crippen LogP contribution in [-0.2, 0) is 11.4 Å². The van der Waals surface area contributed by atoms with Crippen LogP contribution in [0.1, 0.15) is 17.5 Å². The zero-order valence-electron chi connectivity index (χ0n) is 11.9. The molecule has 22 heavy (non-hydrogen) atoms. The minimum Gasteiger partial charge on any atom is -0.489 e. The predicted octanol–water partition coefficient (Wildman–Crippen LogP) is 2.63. The van der Waals surface area contributed by atoms with Crippen LogP contribution in [0.15, 0.2) is 59.7 Å². The molecule has 0 aliphatic carbocycles. The van der Waals surface area contributed by atoms with Crippen LogP contribution in [0.25, 0.3) is 0 Å². The summed E-state index contributed by atoms with van der Waals surface area (Å²) < 4.78 is 5.67. The van der Waals surface area contributed by atoms with Gasteiger partial charge in [-0.1, -0.05) is 30.3 Å². The second kappa shape index (κ2) is 8.22. The molecular weight excluding hydrogens is 278 g/mol. The van der Waals surface area contributed by atoms with Gasteiger partial charge in [0, 0.05) is 0 Å². The first-order valence-corrected chi connectivity index (χ1v) is 6.73. The topological polar surface area (TPSA) is 74.5 Å². The zero-order valence-corrected chi connectivity index (χ0v) is 11.9. The van der Waals surface area contributed by atoms with Crippen LogP contribution in [-0.4, -0.2) is 12.1 Å². The predicted molar refractivity (Wildman–Crippen MR) is 83.2 cm³/mol. The zero-order chi connectivity index (χ0) is 15.6. The second-order valence-corrected chi connectivity index (χ2v) is 4.47. The average Bonchev–Trinajstić information content (AvgIpc) is 2.55. The van der Waals surface area contributed by atoms with E-state index in [0.717, 1.165) is 16.9 Å². The van der Waals surface area contributed by atoms with Gasteiger partial charge in [0.15, 0.2) is 0 Å². The Hall–Kier alpha value is -3.13. The summed E-state index contributed by atoms with van der Waals surface area (Å²) in [5, 5.41) is 12.1. The first-order valence-electron chi connectivity index (χ1n) is 6.73. The molecule has 0 radical (unpaired) electrons. The molecule has 0 unspecified atom stereocenters. The van der Waals surface area contributed by atoms with E-state index in [9.17, 15) is 4.79 Å². The Morgan fingerprint density at radius 1 is 1.18 bits per heavy atom. The fraction of sp³-hybridized carbons (Fsp3) is 0.118. The molecule has 0 spiro atoms. The molecule has 0 bridgehead atoms. The average molecular weight is 293 g/mol. The monoisotopic (exact) mass is 293 g/mol. The van der Waals surface area contributed by atoms with E-state index >= 15 is 0 Å². The number of rotatable bonds is 6. The number of carbonyl (C=O) groups is 1. The van der Waals surface area contributed by atoms with Crippen LogP contribution < -0.4 is 10.2 Å². The van der Waals surface area contributed by atoms with E-state index in [1.807, 2.05) is 54.6 Å². The third kappa shape index (κ3) is 5.10. The Kier molecular flexibility index (Phi) is 5.70. The van der Waals surface area contributed by atoms with E-state index in [2.05, 4.69) is 10.5 Å². The van der Waals surface area contributed by atoms with E-state index in [-0.39, 0.29) is 6.42 Å². The van der Waals surface area contributed by atoms with Gasteiger partial charge in [0.1, 0.15) is 18.8 Å². The lowest BCUT2D eigenvalue weighted by molar-refractivity contribution is -0.120. The van der Waals surface area contributed by atoms with Crippen molar-refractivity contribution in [3.05, 3.63) is 65.7 Å². The highest BCUT2D eigenvalue weighted by atomic mass is 16.5. The van der Waals surface area contributed by atoms with E-state index in [4.69, 9.17) is 10.00 Å². The van der Waals surface area contributed by atoms with Crippen molar-refractivity contribution in [2.24, 2.45) is 5.10 Å². The van der Waals surface area contributed by atoms with Gasteiger partial charge in [0.05, 0.1) is 12.3 Å². The maximum Gasteiger partial charge on any atom is 0.254 e. The molecular formula is C17H15N3O2. The minimum absolute atomic E-state index is 0.205. The van der Waals surface area contributed by atoms with E-state index in [1.54, 1.807) is 6.07 Å². The summed E-state index contributed by atoms with van der Waals surface area (Å²) in [7, 11) is 0. The molecule has 0 fully saturated rings. The molecule has 2 aromatic carbocycles. The highest BCUT2D eigenvalue weighted by molar-refractivity contribution is 5.83. The molecule has 0 heterocycles. The molecule has 0 saturated heterocycles. The lowest BCUT2D eigenvalue weighted by atomic mass is 10.2. The molecule has 5 heteroatoms. The summed E-state index contributed by atoms with van der Waals surface area (Å²) in [5.74, 6) is 0.330. The van der Waals surface area contributed by atoms with Crippen LogP contribution in [0.5, 0.6) is 5.75 Å². The van der Waals surface area contributed by atoms with Crippen LogP contribution in [0.4, 0.5) is 0 Å². The molecule has 0 saturated carbocycles. The van der Waals surface area contributed by atoms with Gasteiger partial charge in [-0.25, -0.2) is 5.43 Å². The molecule has 110 valence electrons. The number of benzene rings is 2. The summed E-state index contributed by atoms with van der Waals surface area (Å²) in [4.78, 5) is 11.0. The van der Waals surface area contributed by atoms with Crippen molar-refractivity contribution in [3.8, 4) is 11.8 Å². The summed E-state index contributed by atoms with van der Waals surface area (Å²) in [6.45, 7) is 0.512. The van der Waals surface area contributed by atoms with E-state index in [1.165, 1.54) is 6.21 Å². The van der Waals surface area contributed by atoms with Crippen molar-refractivity contribution in [2.75, 3.05) is 0 Å². The quantitative estimate of drug-likeness (QED) is 0.657. The molecule has 2 rings (SSSR count). The molecule has 0 aromatic heterocycles. The first-order chi connectivity index (χ1) is 10.8. The van der Waals surface area contributed by atoms with Gasteiger partial charge in [-0.05, 0) is 35.4 Å². The number of carbonyl (C=O) groups excluding carboxylic acids is 1. The Bertz CT molecular complexity index is 673. The Labute approximate surface area is 128 Å². The maximum atomic E-state index is 11.0. The van der Waals surface area contributed by atoms with Gasteiger partial charge in [0.2, 0.25) is 0 Å². The number of hydrazone groups is 1. The Balaban J connectivity index is 1.84. The van der Waals surface area contributed by atoms with Crippen molar-refractivity contribution < 1.29 is 9.53 Å². The van der Waals surface area contributed by atoms with Crippen molar-refractivity contribution in [2.45, 2.75) is 13.0 Å². The number of ether oxygens (including phenoxy) is 1. The van der Waals surface area contributed by atoms with Gasteiger partial charge >= 0.3 is 0 Å². The minimum atomic E-state index is -0.429. The number of hydrogen-bond acceptors (Lipinski definition) is 4. The molecule has 1 N–H and O–H groups in total. The molecule has 0 atom stereocenters. The summed E-state index contributed by atoms with van der Waals surface area (Å²) >= 11 is 0. The number of nitrogens with one attached hydrogen (secondary N) is 1. The van der Waals surface area contributed by atoms with Crippen LogP contribution in [0, 0.1) is 11.3 Å². The van der Waals surface area contributed by atoms with E-state index in [0.29, 0.717) is 6.61 Å². The van der Waals surface area contributed by atoms with Crippen molar-refractivity contribution >= 4 is 12.1 Å². The van der Waals surface area contributed by atoms with E-state index < -0.39 is 5.91 Å². The Morgan fingerprint density at radius 3 is 2.59 bits per heavy atom. The molecule has 0 aliphatic heterocycles. The third-order valence-electron chi connectivity index (χ3n) is 2.77. The first kappa shape index (κ1) is 15.3. The molecule has 0 aliphatic rings. The van der Waals surface area contributed by atoms with Crippen molar-refractivity contribution in [1.82, 2.24) is 5.43 Å². The summed E-state index contributed by atoms with van der Waals surface area (Å²) in [5.41, 5.74) is 4.20. The van der Waals surface area contributed by atoms with Gasteiger partial charge in [-0.3, -0.25) is 4.79 Å². The van der Waals surface area contributed by atoms with Gasteiger partial charge in [0.25, 0.3) is 5.91 Å². The molecule has 5 nitrogen and oxygen atoms in total. The number of hydrogen-bond donors (Lipinski definition) is 1. The SMILES string of the molecule is N#CCC(=O)NN=Cc1ccc(OCc2ccccc2)cc1. The summed E-state index contributed by atoms with van der Waals surface area (Å²) in [6, 6.07) is 19.0. The molecule has 1 amide bonds. The van der Waals surface area contributed by atoms with Gasteiger partial charge < -0.3 is 4.74 Å².